The van der Waals surface area contributed by atoms with Crippen LogP contribution >= 0.6 is 0 Å². The van der Waals surface area contributed by atoms with Gasteiger partial charge in [0.25, 0.3) is 0 Å². The van der Waals surface area contributed by atoms with Crippen LogP contribution in [-0.4, -0.2) is 0 Å². The lowest BCUT2D eigenvalue weighted by Crippen LogP contribution is -2.08. The Morgan fingerprint density at radius 3 is 2.38 bits per heavy atom. The third kappa shape index (κ3) is 3.42. The molecule has 0 aliphatic carbocycles. The zero-order chi connectivity index (χ0) is 15.6. The number of nitrogens with two attached hydrogens (primary N) is 1. The number of halogens is 1. The van der Waals surface area contributed by atoms with E-state index in [4.69, 9.17) is 10.5 Å². The molecule has 0 saturated carbocycles. The lowest BCUT2D eigenvalue weighted by molar-refractivity contribution is 0.426. The number of ether oxygens (including phenoxy) is 1. The number of aryl methyl sites for hydroxylation is 1. The first-order chi connectivity index (χ1) is 9.90. The van der Waals surface area contributed by atoms with E-state index in [2.05, 4.69) is 13.8 Å². The van der Waals surface area contributed by atoms with Crippen molar-refractivity contribution in [3.05, 3.63) is 58.9 Å². The van der Waals surface area contributed by atoms with Gasteiger partial charge in [-0.15, -0.1) is 0 Å². The molecule has 21 heavy (non-hydrogen) atoms. The Balaban J connectivity index is 2.50. The van der Waals surface area contributed by atoms with Crippen molar-refractivity contribution in [1.29, 1.82) is 0 Å². The summed E-state index contributed by atoms with van der Waals surface area (Å²) in [6.07, 6.45) is 0. The van der Waals surface area contributed by atoms with Gasteiger partial charge < -0.3 is 10.5 Å². The second kappa shape index (κ2) is 6.27. The summed E-state index contributed by atoms with van der Waals surface area (Å²) in [5, 5.41) is 0. The lowest BCUT2D eigenvalue weighted by Gasteiger charge is -2.18. The lowest BCUT2D eigenvalue weighted by atomic mass is 10.0. The maximum absolute atomic E-state index is 14.1. The molecule has 0 bridgehead atoms. The Hall–Kier alpha value is -1.87. The smallest absolute Gasteiger partial charge is 0.167 e. The molecule has 2 rings (SSSR count). The molecule has 0 fully saturated rings. The van der Waals surface area contributed by atoms with Crippen LogP contribution < -0.4 is 10.5 Å². The van der Waals surface area contributed by atoms with Crippen molar-refractivity contribution >= 4 is 0 Å². The predicted octanol–water partition coefficient (Wildman–Crippen LogP) is 5.07. The Labute approximate surface area is 125 Å². The highest BCUT2D eigenvalue weighted by Crippen LogP contribution is 2.36. The Morgan fingerprint density at radius 2 is 1.76 bits per heavy atom. The minimum atomic E-state index is -0.388. The zero-order valence-electron chi connectivity index (χ0n) is 13.0. The van der Waals surface area contributed by atoms with Crippen molar-refractivity contribution in [2.75, 3.05) is 0 Å². The second-order valence-corrected chi connectivity index (χ2v) is 5.74. The average molecular weight is 287 g/mol. The summed E-state index contributed by atoms with van der Waals surface area (Å²) < 4.78 is 20.1. The van der Waals surface area contributed by atoms with Crippen molar-refractivity contribution in [1.82, 2.24) is 0 Å². The maximum atomic E-state index is 14.1. The molecule has 2 N–H and O–H groups in total. The Kier molecular flexibility index (Phi) is 4.63. The van der Waals surface area contributed by atoms with Crippen LogP contribution in [0.25, 0.3) is 0 Å². The van der Waals surface area contributed by atoms with E-state index in [9.17, 15) is 4.39 Å². The third-order valence-electron chi connectivity index (χ3n) is 3.49. The zero-order valence-corrected chi connectivity index (χ0v) is 13.0. The highest BCUT2D eigenvalue weighted by Gasteiger charge is 2.16. The molecule has 3 heteroatoms. The molecule has 0 saturated heterocycles. The monoisotopic (exact) mass is 287 g/mol. The highest BCUT2D eigenvalue weighted by molar-refractivity contribution is 5.45. The third-order valence-corrected chi connectivity index (χ3v) is 3.49. The number of para-hydroxylation sites is 1. The van der Waals surface area contributed by atoms with Gasteiger partial charge in [0.2, 0.25) is 0 Å². The van der Waals surface area contributed by atoms with Crippen molar-refractivity contribution in [3.63, 3.8) is 0 Å². The van der Waals surface area contributed by atoms with Crippen molar-refractivity contribution in [3.8, 4) is 11.5 Å². The predicted molar refractivity (Wildman–Crippen MR) is 84.3 cm³/mol. The fourth-order valence-electron chi connectivity index (χ4n) is 2.31. The first-order valence-corrected chi connectivity index (χ1v) is 7.22. The van der Waals surface area contributed by atoms with E-state index in [1.54, 1.807) is 12.1 Å². The molecule has 0 aliphatic heterocycles. The largest absolute Gasteiger partial charge is 0.454 e. The van der Waals surface area contributed by atoms with Crippen molar-refractivity contribution in [2.24, 2.45) is 5.73 Å². The minimum absolute atomic E-state index is 0.222. The van der Waals surface area contributed by atoms with E-state index in [1.807, 2.05) is 32.0 Å². The molecule has 1 atom stereocenters. The van der Waals surface area contributed by atoms with Crippen LogP contribution in [0.5, 0.6) is 11.5 Å². The van der Waals surface area contributed by atoms with Crippen LogP contribution in [0, 0.1) is 12.7 Å². The standard InChI is InChI=1S/C18H22FNO/c1-11(2)14-9-8-12(3)10-17(14)21-18-15(13(4)20)6-5-7-16(18)19/h5-11,13H,20H2,1-4H3/t13-/m1/s1. The minimum Gasteiger partial charge on any atom is -0.454 e. The molecule has 112 valence electrons. The summed E-state index contributed by atoms with van der Waals surface area (Å²) in [4.78, 5) is 0. The molecule has 2 aromatic carbocycles. The fourth-order valence-corrected chi connectivity index (χ4v) is 2.31. The Morgan fingerprint density at radius 1 is 1.05 bits per heavy atom. The number of benzene rings is 2. The summed E-state index contributed by atoms with van der Waals surface area (Å²) in [5.74, 6) is 0.823. The average Bonchev–Trinajstić information content (AvgIpc) is 2.40. The quantitative estimate of drug-likeness (QED) is 0.852. The van der Waals surface area contributed by atoms with Gasteiger partial charge in [0.15, 0.2) is 11.6 Å². The first kappa shape index (κ1) is 15.5. The van der Waals surface area contributed by atoms with Gasteiger partial charge in [0, 0.05) is 11.6 Å². The summed E-state index contributed by atoms with van der Waals surface area (Å²) in [6, 6.07) is 10.6. The van der Waals surface area contributed by atoms with E-state index in [0.29, 0.717) is 17.2 Å². The van der Waals surface area contributed by atoms with Gasteiger partial charge in [-0.2, -0.15) is 0 Å². The fraction of sp³-hybridized carbons (Fsp3) is 0.333. The van der Waals surface area contributed by atoms with Gasteiger partial charge >= 0.3 is 0 Å². The summed E-state index contributed by atoms with van der Waals surface area (Å²) in [6.45, 7) is 7.99. The van der Waals surface area contributed by atoms with Crippen LogP contribution in [-0.2, 0) is 0 Å². The number of rotatable bonds is 4. The van der Waals surface area contributed by atoms with Gasteiger partial charge in [-0.25, -0.2) is 4.39 Å². The normalized spacial score (nSPS) is 12.5. The van der Waals surface area contributed by atoms with E-state index in [1.165, 1.54) is 6.07 Å². The van der Waals surface area contributed by atoms with E-state index < -0.39 is 0 Å². The van der Waals surface area contributed by atoms with E-state index in [0.717, 1.165) is 11.1 Å². The van der Waals surface area contributed by atoms with Gasteiger partial charge in [-0.1, -0.05) is 38.1 Å². The van der Waals surface area contributed by atoms with Crippen LogP contribution in [0.15, 0.2) is 36.4 Å². The summed E-state index contributed by atoms with van der Waals surface area (Å²) in [5.41, 5.74) is 8.72. The molecular formula is C18H22FNO. The van der Waals surface area contributed by atoms with Crippen LogP contribution in [0.2, 0.25) is 0 Å². The molecule has 0 heterocycles. The highest BCUT2D eigenvalue weighted by atomic mass is 19.1. The molecule has 0 spiro atoms. The Bertz CT molecular complexity index is 635. The molecule has 2 aromatic rings. The molecule has 0 amide bonds. The topological polar surface area (TPSA) is 35.2 Å². The molecule has 0 radical (unpaired) electrons. The molecule has 0 unspecified atom stereocenters. The maximum Gasteiger partial charge on any atom is 0.167 e. The van der Waals surface area contributed by atoms with Crippen molar-refractivity contribution < 1.29 is 9.13 Å². The SMILES string of the molecule is Cc1ccc(C(C)C)c(Oc2c(F)cccc2[C@@H](C)N)c1. The van der Waals surface area contributed by atoms with Crippen molar-refractivity contribution in [2.45, 2.75) is 39.7 Å². The molecule has 0 aromatic heterocycles. The van der Waals surface area contributed by atoms with Gasteiger partial charge in [0.1, 0.15) is 5.75 Å². The van der Waals surface area contributed by atoms with E-state index >= 15 is 0 Å². The summed E-state index contributed by atoms with van der Waals surface area (Å²) in [7, 11) is 0. The number of hydrogen-bond acceptors (Lipinski definition) is 2. The molecule has 2 nitrogen and oxygen atoms in total. The molecule has 0 aliphatic rings. The second-order valence-electron chi connectivity index (χ2n) is 5.74. The number of hydrogen-bond donors (Lipinski definition) is 1. The van der Waals surface area contributed by atoms with E-state index in [-0.39, 0.29) is 17.6 Å². The van der Waals surface area contributed by atoms with Gasteiger partial charge in [-0.05, 0) is 43.0 Å². The van der Waals surface area contributed by atoms with Crippen LogP contribution in [0.4, 0.5) is 4.39 Å². The van der Waals surface area contributed by atoms with Crippen LogP contribution in [0.1, 0.15) is 49.4 Å². The summed E-state index contributed by atoms with van der Waals surface area (Å²) >= 11 is 0. The first-order valence-electron chi connectivity index (χ1n) is 7.22. The van der Waals surface area contributed by atoms with Gasteiger partial charge in [0.05, 0.1) is 0 Å². The van der Waals surface area contributed by atoms with Crippen LogP contribution in [0.3, 0.4) is 0 Å². The molecular weight excluding hydrogens is 265 g/mol. The van der Waals surface area contributed by atoms with Gasteiger partial charge in [-0.3, -0.25) is 0 Å².